The first kappa shape index (κ1) is 15.9. The third kappa shape index (κ3) is 6.26. The monoisotopic (exact) mass is 245 g/mol. The van der Waals surface area contributed by atoms with Gasteiger partial charge in [-0.15, -0.1) is 0 Å². The van der Waals surface area contributed by atoms with Gasteiger partial charge < -0.3 is 14.4 Å². The largest absolute Gasteiger partial charge is 0.468 e. The van der Waals surface area contributed by atoms with Gasteiger partial charge in [0.1, 0.15) is 6.54 Å². The lowest BCUT2D eigenvalue weighted by molar-refractivity contribution is -0.148. The maximum Gasteiger partial charge on any atom is 0.325 e. The Morgan fingerprint density at radius 1 is 1.24 bits per heavy atom. The molecule has 17 heavy (non-hydrogen) atoms. The number of methoxy groups -OCH3 is 2. The third-order valence-electron chi connectivity index (χ3n) is 2.52. The van der Waals surface area contributed by atoms with Crippen molar-refractivity contribution in [2.75, 3.05) is 27.3 Å². The van der Waals surface area contributed by atoms with Crippen LogP contribution in [0.2, 0.25) is 0 Å². The molecule has 0 saturated heterocycles. The number of carbonyl (C=O) groups excluding carboxylic acids is 2. The molecule has 0 fully saturated rings. The molecule has 0 aromatic carbocycles. The summed E-state index contributed by atoms with van der Waals surface area (Å²) in [6.07, 6.45) is 1.05. The van der Waals surface area contributed by atoms with Crippen LogP contribution < -0.4 is 0 Å². The standard InChI is InChI=1S/C12H23NO4/c1-6-7-13(9-11(15)16-4)10(14)8-12(2,3)17-5/h6-9H2,1-5H3. The molecule has 1 amide bonds. The Hall–Kier alpha value is -1.10. The lowest BCUT2D eigenvalue weighted by Crippen LogP contribution is -2.40. The van der Waals surface area contributed by atoms with Gasteiger partial charge in [-0.2, -0.15) is 0 Å². The summed E-state index contributed by atoms with van der Waals surface area (Å²) in [5.41, 5.74) is -0.515. The van der Waals surface area contributed by atoms with Crippen LogP contribution in [0.3, 0.4) is 0 Å². The number of esters is 1. The lowest BCUT2D eigenvalue weighted by Gasteiger charge is -2.27. The Bertz CT molecular complexity index is 263. The van der Waals surface area contributed by atoms with E-state index in [-0.39, 0.29) is 18.9 Å². The van der Waals surface area contributed by atoms with Gasteiger partial charge >= 0.3 is 5.97 Å². The summed E-state index contributed by atoms with van der Waals surface area (Å²) in [5.74, 6) is -0.494. The van der Waals surface area contributed by atoms with Crippen molar-refractivity contribution in [2.24, 2.45) is 0 Å². The van der Waals surface area contributed by atoms with E-state index in [1.165, 1.54) is 12.0 Å². The second-order valence-corrected chi connectivity index (χ2v) is 4.53. The summed E-state index contributed by atoms with van der Waals surface area (Å²) in [6.45, 7) is 6.19. The van der Waals surface area contributed by atoms with Crippen molar-refractivity contribution in [1.82, 2.24) is 4.90 Å². The van der Waals surface area contributed by atoms with Gasteiger partial charge in [-0.1, -0.05) is 6.92 Å². The molecule has 0 aliphatic rings. The molecule has 0 aliphatic carbocycles. The number of carbonyl (C=O) groups is 2. The first-order chi connectivity index (χ1) is 7.86. The minimum Gasteiger partial charge on any atom is -0.468 e. The summed E-state index contributed by atoms with van der Waals surface area (Å²) >= 11 is 0. The molecule has 0 N–H and O–H groups in total. The first-order valence-electron chi connectivity index (χ1n) is 5.76. The molecular formula is C12H23NO4. The van der Waals surface area contributed by atoms with E-state index in [9.17, 15) is 9.59 Å². The van der Waals surface area contributed by atoms with Crippen molar-refractivity contribution in [1.29, 1.82) is 0 Å². The predicted octanol–water partition coefficient (Wildman–Crippen LogP) is 1.21. The molecule has 0 atom stereocenters. The van der Waals surface area contributed by atoms with Gasteiger partial charge in [0.25, 0.3) is 0 Å². The maximum atomic E-state index is 12.0. The van der Waals surface area contributed by atoms with Crippen LogP contribution in [-0.4, -0.2) is 49.7 Å². The Labute approximate surface area is 103 Å². The zero-order valence-electron chi connectivity index (χ0n) is 11.4. The molecule has 0 radical (unpaired) electrons. The van der Waals surface area contributed by atoms with Gasteiger partial charge in [0.15, 0.2) is 0 Å². The molecular weight excluding hydrogens is 222 g/mol. The topological polar surface area (TPSA) is 55.8 Å². The van der Waals surface area contributed by atoms with E-state index in [1.54, 1.807) is 7.11 Å². The number of hydrogen-bond acceptors (Lipinski definition) is 4. The highest BCUT2D eigenvalue weighted by atomic mass is 16.5. The van der Waals surface area contributed by atoms with Crippen molar-refractivity contribution in [3.8, 4) is 0 Å². The van der Waals surface area contributed by atoms with Gasteiger partial charge in [0, 0.05) is 13.7 Å². The fourth-order valence-electron chi connectivity index (χ4n) is 1.33. The van der Waals surface area contributed by atoms with Gasteiger partial charge in [-0.05, 0) is 20.3 Å². The van der Waals surface area contributed by atoms with Crippen LogP contribution in [0.1, 0.15) is 33.6 Å². The van der Waals surface area contributed by atoms with Gasteiger partial charge in [-0.3, -0.25) is 9.59 Å². The number of rotatable bonds is 7. The van der Waals surface area contributed by atoms with Crippen LogP contribution >= 0.6 is 0 Å². The zero-order chi connectivity index (χ0) is 13.5. The van der Waals surface area contributed by atoms with Crippen LogP contribution in [-0.2, 0) is 19.1 Å². The molecule has 0 heterocycles. The number of ether oxygens (including phenoxy) is 2. The molecule has 0 aromatic rings. The van der Waals surface area contributed by atoms with E-state index in [0.717, 1.165) is 6.42 Å². The lowest BCUT2D eigenvalue weighted by atomic mass is 10.0. The number of hydrogen-bond donors (Lipinski definition) is 0. The van der Waals surface area contributed by atoms with Crippen LogP contribution in [0.15, 0.2) is 0 Å². The third-order valence-corrected chi connectivity index (χ3v) is 2.52. The number of amides is 1. The Morgan fingerprint density at radius 3 is 2.24 bits per heavy atom. The van der Waals surface area contributed by atoms with Crippen molar-refractivity contribution in [3.63, 3.8) is 0 Å². The van der Waals surface area contributed by atoms with E-state index in [4.69, 9.17) is 4.74 Å². The van der Waals surface area contributed by atoms with E-state index in [1.807, 2.05) is 20.8 Å². The SMILES string of the molecule is CCCN(CC(=O)OC)C(=O)CC(C)(C)OC. The van der Waals surface area contributed by atoms with E-state index < -0.39 is 11.6 Å². The van der Waals surface area contributed by atoms with Gasteiger partial charge in [0.05, 0.1) is 19.1 Å². The molecule has 100 valence electrons. The average molecular weight is 245 g/mol. The smallest absolute Gasteiger partial charge is 0.325 e. The highest BCUT2D eigenvalue weighted by molar-refractivity contribution is 5.82. The molecule has 0 aromatic heterocycles. The fraction of sp³-hybridized carbons (Fsp3) is 0.833. The summed E-state index contributed by atoms with van der Waals surface area (Å²) in [5, 5.41) is 0. The minimum atomic E-state index is -0.515. The molecule has 0 bridgehead atoms. The number of nitrogens with zero attached hydrogens (tertiary/aromatic N) is 1. The Morgan fingerprint density at radius 2 is 1.82 bits per heavy atom. The van der Waals surface area contributed by atoms with Crippen LogP contribution in [0, 0.1) is 0 Å². The van der Waals surface area contributed by atoms with Gasteiger partial charge in [0.2, 0.25) is 5.91 Å². The zero-order valence-corrected chi connectivity index (χ0v) is 11.4. The molecule has 5 heteroatoms. The van der Waals surface area contributed by atoms with Gasteiger partial charge in [-0.25, -0.2) is 0 Å². The first-order valence-corrected chi connectivity index (χ1v) is 5.76. The molecule has 5 nitrogen and oxygen atoms in total. The predicted molar refractivity (Wildman–Crippen MR) is 64.6 cm³/mol. The second-order valence-electron chi connectivity index (χ2n) is 4.53. The molecule has 0 saturated carbocycles. The van der Waals surface area contributed by atoms with E-state index in [2.05, 4.69) is 4.74 Å². The molecule has 0 rings (SSSR count). The van der Waals surface area contributed by atoms with Crippen molar-refractivity contribution in [3.05, 3.63) is 0 Å². The molecule has 0 aliphatic heterocycles. The quantitative estimate of drug-likeness (QED) is 0.633. The highest BCUT2D eigenvalue weighted by Gasteiger charge is 2.25. The van der Waals surface area contributed by atoms with E-state index >= 15 is 0 Å². The van der Waals surface area contributed by atoms with Crippen molar-refractivity contribution < 1.29 is 19.1 Å². The average Bonchev–Trinajstić information content (AvgIpc) is 2.27. The molecule has 0 spiro atoms. The fourth-order valence-corrected chi connectivity index (χ4v) is 1.33. The summed E-state index contributed by atoms with van der Waals surface area (Å²) in [6, 6.07) is 0. The van der Waals surface area contributed by atoms with Crippen molar-refractivity contribution >= 4 is 11.9 Å². The highest BCUT2D eigenvalue weighted by Crippen LogP contribution is 2.14. The van der Waals surface area contributed by atoms with Crippen LogP contribution in [0.5, 0.6) is 0 Å². The summed E-state index contributed by atoms with van der Waals surface area (Å²) < 4.78 is 9.77. The van der Waals surface area contributed by atoms with Crippen molar-refractivity contribution in [2.45, 2.75) is 39.2 Å². The van der Waals surface area contributed by atoms with Crippen LogP contribution in [0.4, 0.5) is 0 Å². The van der Waals surface area contributed by atoms with Crippen LogP contribution in [0.25, 0.3) is 0 Å². The van der Waals surface area contributed by atoms with E-state index in [0.29, 0.717) is 6.54 Å². The summed E-state index contributed by atoms with van der Waals surface area (Å²) in [7, 11) is 2.88. The normalized spacial score (nSPS) is 11.1. The molecule has 0 unspecified atom stereocenters. The maximum absolute atomic E-state index is 12.0. The summed E-state index contributed by atoms with van der Waals surface area (Å²) in [4.78, 5) is 24.7. The minimum absolute atomic E-state index is 0.00294. The Kier molecular flexibility index (Phi) is 6.80. The Balaban J connectivity index is 4.49. The second kappa shape index (κ2) is 7.27.